The van der Waals surface area contributed by atoms with Crippen molar-refractivity contribution in [1.29, 1.82) is 0 Å². The van der Waals surface area contributed by atoms with Gasteiger partial charge in [-0.15, -0.1) is 0 Å². The van der Waals surface area contributed by atoms with E-state index in [0.29, 0.717) is 6.07 Å². The molecule has 98 valence electrons. The molecule has 0 fully saturated rings. The van der Waals surface area contributed by atoms with Crippen molar-refractivity contribution in [1.82, 2.24) is 4.98 Å². The number of pyridine rings is 1. The molecule has 0 aliphatic carbocycles. The molecule has 1 aromatic carbocycles. The summed E-state index contributed by atoms with van der Waals surface area (Å²) in [5.41, 5.74) is -0.207. The number of rotatable bonds is 3. The van der Waals surface area contributed by atoms with Gasteiger partial charge in [0.1, 0.15) is 22.6 Å². The fourth-order valence-electron chi connectivity index (χ4n) is 1.43. The maximum atomic E-state index is 13.0. The van der Waals surface area contributed by atoms with Crippen LogP contribution < -0.4 is 5.32 Å². The summed E-state index contributed by atoms with van der Waals surface area (Å²) in [4.78, 5) is 13.8. The molecule has 2 aromatic rings. The minimum absolute atomic E-state index is 0.0178. The summed E-state index contributed by atoms with van der Waals surface area (Å²) >= 11 is 5.62. The van der Waals surface area contributed by atoms with Crippen LogP contribution in [0.1, 0.15) is 0 Å². The largest absolute Gasteiger partial charge is 0.340 e. The maximum Gasteiger partial charge on any atom is 0.276 e. The first-order valence-electron chi connectivity index (χ1n) is 4.99. The van der Waals surface area contributed by atoms with E-state index >= 15 is 0 Å². The number of anilines is 2. The van der Waals surface area contributed by atoms with E-state index in [4.69, 9.17) is 11.6 Å². The minimum atomic E-state index is -0.779. The first kappa shape index (κ1) is 13.2. The summed E-state index contributed by atoms with van der Waals surface area (Å²) < 4.78 is 26.0. The van der Waals surface area contributed by atoms with Crippen molar-refractivity contribution in [3.63, 3.8) is 0 Å². The van der Waals surface area contributed by atoms with Crippen LogP contribution in [-0.4, -0.2) is 9.91 Å². The first-order chi connectivity index (χ1) is 8.94. The van der Waals surface area contributed by atoms with Crippen molar-refractivity contribution in [2.75, 3.05) is 5.32 Å². The highest BCUT2D eigenvalue weighted by molar-refractivity contribution is 6.29. The molecule has 5 nitrogen and oxygen atoms in total. The molecular weight excluding hydrogens is 280 g/mol. The van der Waals surface area contributed by atoms with E-state index in [9.17, 15) is 18.9 Å². The molecule has 19 heavy (non-hydrogen) atoms. The fourth-order valence-corrected chi connectivity index (χ4v) is 1.63. The van der Waals surface area contributed by atoms with Crippen molar-refractivity contribution in [3.05, 3.63) is 57.2 Å². The topological polar surface area (TPSA) is 68.1 Å². The van der Waals surface area contributed by atoms with E-state index in [1.807, 2.05) is 0 Å². The van der Waals surface area contributed by atoms with Gasteiger partial charge < -0.3 is 5.32 Å². The Hall–Kier alpha value is -2.28. The zero-order valence-corrected chi connectivity index (χ0v) is 9.99. The van der Waals surface area contributed by atoms with E-state index < -0.39 is 16.6 Å². The Morgan fingerprint density at radius 2 is 1.79 bits per heavy atom. The Morgan fingerprint density at radius 1 is 1.16 bits per heavy atom. The SMILES string of the molecule is O=[N+]([O-])c1cc(Cl)nc(Nc2cc(F)cc(F)c2)c1. The molecule has 0 saturated carbocycles. The molecule has 8 heteroatoms. The fraction of sp³-hybridized carbons (Fsp3) is 0. The van der Waals surface area contributed by atoms with Gasteiger partial charge >= 0.3 is 0 Å². The number of nitrogens with zero attached hydrogens (tertiary/aromatic N) is 2. The van der Waals surface area contributed by atoms with Crippen molar-refractivity contribution < 1.29 is 13.7 Å². The molecule has 0 spiro atoms. The van der Waals surface area contributed by atoms with Crippen LogP contribution >= 0.6 is 11.6 Å². The lowest BCUT2D eigenvalue weighted by atomic mass is 10.3. The summed E-state index contributed by atoms with van der Waals surface area (Å²) in [6.45, 7) is 0. The molecule has 0 aliphatic heterocycles. The van der Waals surface area contributed by atoms with E-state index in [1.54, 1.807) is 0 Å². The molecule has 0 aliphatic rings. The molecule has 0 atom stereocenters. The van der Waals surface area contributed by atoms with E-state index in [2.05, 4.69) is 10.3 Å². The van der Waals surface area contributed by atoms with Crippen LogP contribution in [0.4, 0.5) is 26.0 Å². The van der Waals surface area contributed by atoms with Gasteiger partial charge in [-0.25, -0.2) is 13.8 Å². The van der Waals surface area contributed by atoms with E-state index in [1.165, 1.54) is 0 Å². The third-order valence-electron chi connectivity index (χ3n) is 2.12. The lowest BCUT2D eigenvalue weighted by Gasteiger charge is -2.06. The Kier molecular flexibility index (Phi) is 3.57. The molecule has 2 rings (SSSR count). The van der Waals surface area contributed by atoms with Crippen molar-refractivity contribution in [2.45, 2.75) is 0 Å². The smallest absolute Gasteiger partial charge is 0.276 e. The normalized spacial score (nSPS) is 10.3. The average Bonchev–Trinajstić information content (AvgIpc) is 2.26. The van der Waals surface area contributed by atoms with Crippen LogP contribution in [0.5, 0.6) is 0 Å². The molecular formula is C11H6ClF2N3O2. The summed E-state index contributed by atoms with van der Waals surface area (Å²) in [7, 11) is 0. The third-order valence-corrected chi connectivity index (χ3v) is 2.32. The summed E-state index contributed by atoms with van der Waals surface area (Å²) in [6, 6.07) is 4.93. The summed E-state index contributed by atoms with van der Waals surface area (Å²) in [6.07, 6.45) is 0. The van der Waals surface area contributed by atoms with E-state index in [-0.39, 0.29) is 22.3 Å². The molecule has 0 amide bonds. The highest BCUT2D eigenvalue weighted by Gasteiger charge is 2.11. The van der Waals surface area contributed by atoms with Gasteiger partial charge in [0.05, 0.1) is 17.1 Å². The molecule has 0 radical (unpaired) electrons. The van der Waals surface area contributed by atoms with Crippen LogP contribution in [0.3, 0.4) is 0 Å². The number of hydrogen-bond acceptors (Lipinski definition) is 4. The first-order valence-corrected chi connectivity index (χ1v) is 5.37. The van der Waals surface area contributed by atoms with Crippen LogP contribution in [0.25, 0.3) is 0 Å². The number of benzene rings is 1. The average molecular weight is 286 g/mol. The Morgan fingerprint density at radius 3 is 2.37 bits per heavy atom. The Balaban J connectivity index is 2.35. The van der Waals surface area contributed by atoms with Gasteiger partial charge in [0.2, 0.25) is 0 Å². The van der Waals surface area contributed by atoms with Gasteiger partial charge in [-0.2, -0.15) is 0 Å². The number of aromatic nitrogens is 1. The highest BCUT2D eigenvalue weighted by Crippen LogP contribution is 2.24. The van der Waals surface area contributed by atoms with Crippen LogP contribution in [-0.2, 0) is 0 Å². The zero-order valence-electron chi connectivity index (χ0n) is 9.23. The molecule has 0 saturated heterocycles. The maximum absolute atomic E-state index is 13.0. The lowest BCUT2D eigenvalue weighted by molar-refractivity contribution is -0.384. The van der Waals surface area contributed by atoms with Crippen LogP contribution in [0.15, 0.2) is 30.3 Å². The van der Waals surface area contributed by atoms with Crippen LogP contribution in [0.2, 0.25) is 5.15 Å². The molecule has 1 aromatic heterocycles. The van der Waals surface area contributed by atoms with Crippen molar-refractivity contribution >= 4 is 28.8 Å². The summed E-state index contributed by atoms with van der Waals surface area (Å²) in [5, 5.41) is 13.1. The molecule has 1 heterocycles. The Labute approximate surface area is 111 Å². The Bertz CT molecular complexity index is 632. The number of halogens is 3. The van der Waals surface area contributed by atoms with Gasteiger partial charge in [-0.3, -0.25) is 10.1 Å². The van der Waals surface area contributed by atoms with Gasteiger partial charge in [0.15, 0.2) is 0 Å². The van der Waals surface area contributed by atoms with Crippen molar-refractivity contribution in [2.24, 2.45) is 0 Å². The van der Waals surface area contributed by atoms with E-state index in [0.717, 1.165) is 24.3 Å². The quantitative estimate of drug-likeness (QED) is 0.531. The third kappa shape index (κ3) is 3.35. The van der Waals surface area contributed by atoms with Crippen LogP contribution in [0, 0.1) is 21.7 Å². The second-order valence-corrected chi connectivity index (χ2v) is 3.96. The zero-order chi connectivity index (χ0) is 14.0. The highest BCUT2D eigenvalue weighted by atomic mass is 35.5. The molecule has 1 N–H and O–H groups in total. The summed E-state index contributed by atoms with van der Waals surface area (Å²) in [5.74, 6) is -1.54. The molecule has 0 bridgehead atoms. The second kappa shape index (κ2) is 5.15. The number of nitrogens with one attached hydrogen (secondary N) is 1. The second-order valence-electron chi connectivity index (χ2n) is 3.57. The van der Waals surface area contributed by atoms with Gasteiger partial charge in [-0.05, 0) is 12.1 Å². The predicted octanol–water partition coefficient (Wildman–Crippen LogP) is 3.67. The van der Waals surface area contributed by atoms with Gasteiger partial charge in [0.25, 0.3) is 5.69 Å². The number of hydrogen-bond donors (Lipinski definition) is 1. The monoisotopic (exact) mass is 285 g/mol. The minimum Gasteiger partial charge on any atom is -0.340 e. The van der Waals surface area contributed by atoms with Crippen molar-refractivity contribution in [3.8, 4) is 0 Å². The molecule has 0 unspecified atom stereocenters. The lowest BCUT2D eigenvalue weighted by Crippen LogP contribution is -1.97. The predicted molar refractivity (Wildman–Crippen MR) is 65.5 cm³/mol. The number of nitro groups is 1. The van der Waals surface area contributed by atoms with Gasteiger partial charge in [0, 0.05) is 11.8 Å². The standard InChI is InChI=1S/C11H6ClF2N3O2/c12-10-4-9(17(18)19)5-11(16-10)15-8-2-6(13)1-7(14)3-8/h1-5H,(H,15,16). The van der Waals surface area contributed by atoms with Gasteiger partial charge in [-0.1, -0.05) is 11.6 Å².